The van der Waals surface area contributed by atoms with Gasteiger partial charge in [-0.25, -0.2) is 0 Å². The molecule has 27 heavy (non-hydrogen) atoms. The summed E-state index contributed by atoms with van der Waals surface area (Å²) in [5.41, 5.74) is 0. The zero-order valence-corrected chi connectivity index (χ0v) is 18.0. The molecule has 0 amide bonds. The second kappa shape index (κ2) is 11.8. The van der Waals surface area contributed by atoms with Gasteiger partial charge < -0.3 is 14.2 Å². The van der Waals surface area contributed by atoms with Crippen LogP contribution in [0.2, 0.25) is 0 Å². The fourth-order valence-electron chi connectivity index (χ4n) is 5.54. The Morgan fingerprint density at radius 2 is 1.07 bits per heavy atom. The Hall–Kier alpha value is -0.120. The van der Waals surface area contributed by atoms with Gasteiger partial charge in [-0.1, -0.05) is 26.2 Å². The van der Waals surface area contributed by atoms with Crippen molar-refractivity contribution < 1.29 is 14.2 Å². The molecule has 0 spiro atoms. The summed E-state index contributed by atoms with van der Waals surface area (Å²) in [4.78, 5) is 0. The standard InChI is InChI=1S/C24H44O3/c1-19-6-8-20(9-7-19)15-26-17-22-4-3-5-23(14-22)18-27-16-21-10-12-24(25-2)13-11-21/h19-24H,3-18H2,1-2H3. The molecule has 0 aliphatic heterocycles. The van der Waals surface area contributed by atoms with E-state index in [4.69, 9.17) is 14.2 Å². The van der Waals surface area contributed by atoms with Gasteiger partial charge in [0.15, 0.2) is 0 Å². The fourth-order valence-corrected chi connectivity index (χ4v) is 5.54. The second-order valence-corrected chi connectivity index (χ2v) is 9.98. The van der Waals surface area contributed by atoms with E-state index in [1.54, 1.807) is 0 Å². The highest BCUT2D eigenvalue weighted by Crippen LogP contribution is 2.32. The molecule has 2 atom stereocenters. The van der Waals surface area contributed by atoms with Gasteiger partial charge in [0.25, 0.3) is 0 Å². The molecular formula is C24H44O3. The molecule has 0 aromatic rings. The molecular weight excluding hydrogens is 336 g/mol. The monoisotopic (exact) mass is 380 g/mol. The van der Waals surface area contributed by atoms with E-state index >= 15 is 0 Å². The van der Waals surface area contributed by atoms with Gasteiger partial charge in [-0.05, 0) is 87.4 Å². The summed E-state index contributed by atoms with van der Waals surface area (Å²) in [6, 6.07) is 0. The maximum Gasteiger partial charge on any atom is 0.0571 e. The van der Waals surface area contributed by atoms with Crippen molar-refractivity contribution in [1.29, 1.82) is 0 Å². The van der Waals surface area contributed by atoms with Crippen LogP contribution in [0.25, 0.3) is 0 Å². The van der Waals surface area contributed by atoms with E-state index in [2.05, 4.69) is 6.92 Å². The van der Waals surface area contributed by atoms with Gasteiger partial charge >= 0.3 is 0 Å². The number of rotatable bonds is 9. The summed E-state index contributed by atoms with van der Waals surface area (Å²) in [5.74, 6) is 4.06. The minimum absolute atomic E-state index is 0.498. The molecule has 0 radical (unpaired) electrons. The highest BCUT2D eigenvalue weighted by Gasteiger charge is 2.25. The van der Waals surface area contributed by atoms with Crippen molar-refractivity contribution in [3.05, 3.63) is 0 Å². The third-order valence-electron chi connectivity index (χ3n) is 7.57. The van der Waals surface area contributed by atoms with Crippen molar-refractivity contribution >= 4 is 0 Å². The Labute approximate surface area is 167 Å². The van der Waals surface area contributed by atoms with Crippen molar-refractivity contribution in [1.82, 2.24) is 0 Å². The van der Waals surface area contributed by atoms with E-state index in [-0.39, 0.29) is 0 Å². The Balaban J connectivity index is 1.24. The van der Waals surface area contributed by atoms with Crippen molar-refractivity contribution in [3.8, 4) is 0 Å². The van der Waals surface area contributed by atoms with Crippen LogP contribution in [0.15, 0.2) is 0 Å². The molecule has 0 aromatic carbocycles. The first-order valence-electron chi connectivity index (χ1n) is 11.9. The number of ether oxygens (including phenoxy) is 3. The van der Waals surface area contributed by atoms with Crippen LogP contribution in [0.3, 0.4) is 0 Å². The van der Waals surface area contributed by atoms with Gasteiger partial charge in [-0.3, -0.25) is 0 Å². The lowest BCUT2D eigenvalue weighted by Crippen LogP contribution is -2.27. The fraction of sp³-hybridized carbons (Fsp3) is 1.00. The first-order valence-corrected chi connectivity index (χ1v) is 11.9. The number of methoxy groups -OCH3 is 1. The highest BCUT2D eigenvalue weighted by molar-refractivity contribution is 4.75. The largest absolute Gasteiger partial charge is 0.381 e. The predicted octanol–water partition coefficient (Wildman–Crippen LogP) is 5.86. The molecule has 3 rings (SSSR count). The Morgan fingerprint density at radius 3 is 1.59 bits per heavy atom. The van der Waals surface area contributed by atoms with Crippen LogP contribution >= 0.6 is 0 Å². The smallest absolute Gasteiger partial charge is 0.0571 e. The third kappa shape index (κ3) is 7.66. The molecule has 3 fully saturated rings. The van der Waals surface area contributed by atoms with E-state index < -0.39 is 0 Å². The van der Waals surface area contributed by atoms with Crippen molar-refractivity contribution in [2.24, 2.45) is 29.6 Å². The van der Waals surface area contributed by atoms with Gasteiger partial charge in [-0.2, -0.15) is 0 Å². The van der Waals surface area contributed by atoms with E-state index in [0.717, 1.165) is 56.0 Å². The molecule has 0 saturated heterocycles. The molecule has 3 saturated carbocycles. The normalized spacial score (nSPS) is 38.0. The van der Waals surface area contributed by atoms with Crippen LogP contribution in [0.5, 0.6) is 0 Å². The van der Waals surface area contributed by atoms with E-state index in [1.165, 1.54) is 77.0 Å². The lowest BCUT2D eigenvalue weighted by atomic mass is 9.82. The van der Waals surface area contributed by atoms with Gasteiger partial charge in [0, 0.05) is 33.5 Å². The molecule has 0 N–H and O–H groups in total. The summed E-state index contributed by atoms with van der Waals surface area (Å²) < 4.78 is 17.8. The summed E-state index contributed by atoms with van der Waals surface area (Å²) in [5, 5.41) is 0. The quantitative estimate of drug-likeness (QED) is 0.501. The summed E-state index contributed by atoms with van der Waals surface area (Å²) in [6.45, 7) is 6.33. The van der Waals surface area contributed by atoms with Crippen LogP contribution in [0.1, 0.15) is 84.0 Å². The van der Waals surface area contributed by atoms with Crippen molar-refractivity contribution in [2.75, 3.05) is 33.5 Å². The van der Waals surface area contributed by atoms with Crippen molar-refractivity contribution in [2.45, 2.75) is 90.1 Å². The van der Waals surface area contributed by atoms with E-state index in [0.29, 0.717) is 6.10 Å². The zero-order chi connectivity index (χ0) is 18.9. The Bertz CT molecular complexity index is 383. The molecule has 3 aliphatic rings. The van der Waals surface area contributed by atoms with Gasteiger partial charge in [0.2, 0.25) is 0 Å². The minimum Gasteiger partial charge on any atom is -0.381 e. The molecule has 3 heteroatoms. The average molecular weight is 381 g/mol. The molecule has 158 valence electrons. The minimum atomic E-state index is 0.498. The molecule has 0 bridgehead atoms. The molecule has 2 unspecified atom stereocenters. The Morgan fingerprint density at radius 1 is 0.593 bits per heavy atom. The first kappa shape index (κ1) is 21.6. The van der Waals surface area contributed by atoms with Crippen LogP contribution in [0.4, 0.5) is 0 Å². The molecule has 0 heterocycles. The zero-order valence-electron chi connectivity index (χ0n) is 18.0. The predicted molar refractivity (Wildman–Crippen MR) is 111 cm³/mol. The topological polar surface area (TPSA) is 27.7 Å². The van der Waals surface area contributed by atoms with Gasteiger partial charge in [0.05, 0.1) is 6.10 Å². The van der Waals surface area contributed by atoms with Crippen LogP contribution in [-0.2, 0) is 14.2 Å². The highest BCUT2D eigenvalue weighted by atomic mass is 16.5. The second-order valence-electron chi connectivity index (χ2n) is 9.98. The van der Waals surface area contributed by atoms with Crippen molar-refractivity contribution in [3.63, 3.8) is 0 Å². The number of hydrogen-bond acceptors (Lipinski definition) is 3. The maximum absolute atomic E-state index is 6.16. The van der Waals surface area contributed by atoms with Gasteiger partial charge in [0.1, 0.15) is 0 Å². The Kier molecular flexibility index (Phi) is 9.42. The summed E-state index contributed by atoms with van der Waals surface area (Å²) in [6.07, 6.45) is 16.5. The maximum atomic E-state index is 6.16. The molecule has 3 aliphatic carbocycles. The van der Waals surface area contributed by atoms with Crippen LogP contribution in [-0.4, -0.2) is 39.6 Å². The van der Waals surface area contributed by atoms with Crippen LogP contribution < -0.4 is 0 Å². The average Bonchev–Trinajstić information content (AvgIpc) is 2.70. The van der Waals surface area contributed by atoms with Crippen LogP contribution in [0, 0.1) is 29.6 Å². The summed E-state index contributed by atoms with van der Waals surface area (Å²) in [7, 11) is 1.85. The molecule has 0 aromatic heterocycles. The number of hydrogen-bond donors (Lipinski definition) is 0. The summed E-state index contributed by atoms with van der Waals surface area (Å²) >= 11 is 0. The lowest BCUT2D eigenvalue weighted by Gasteiger charge is -2.31. The van der Waals surface area contributed by atoms with Gasteiger partial charge in [-0.15, -0.1) is 0 Å². The molecule has 3 nitrogen and oxygen atoms in total. The lowest BCUT2D eigenvalue weighted by molar-refractivity contribution is 0.00346. The SMILES string of the molecule is COC1CCC(COCC2CCCC(COCC3CCC(C)CC3)C2)CC1. The van der Waals surface area contributed by atoms with E-state index in [9.17, 15) is 0 Å². The first-order chi connectivity index (χ1) is 13.2. The van der Waals surface area contributed by atoms with E-state index in [1.807, 2.05) is 7.11 Å². The third-order valence-corrected chi connectivity index (χ3v) is 7.57.